The van der Waals surface area contributed by atoms with Gasteiger partial charge in [0.05, 0.1) is 22.7 Å². The largest absolute Gasteiger partial charge is 0.481 e. The molecule has 2 aromatic rings. The molecule has 1 aromatic carbocycles. The number of carbonyl (C=O) groups is 1. The number of benzene rings is 1. The van der Waals surface area contributed by atoms with E-state index in [4.69, 9.17) is 16.7 Å². The first-order valence-electron chi connectivity index (χ1n) is 4.91. The Morgan fingerprint density at radius 3 is 3.00 bits per heavy atom. The Morgan fingerprint density at radius 1 is 1.56 bits per heavy atom. The highest BCUT2D eigenvalue weighted by Crippen LogP contribution is 2.26. The molecule has 0 aliphatic carbocycles. The van der Waals surface area contributed by atoms with E-state index in [0.29, 0.717) is 11.4 Å². The monoisotopic (exact) mass is 238 g/mol. The average Bonchev–Trinajstić information content (AvgIpc) is 2.55. The SMILES string of the molecule is Cn1nc(CCC(=O)O)c2c(Cl)cccc21. The summed E-state index contributed by atoms with van der Waals surface area (Å²) in [6.45, 7) is 0. The summed E-state index contributed by atoms with van der Waals surface area (Å²) >= 11 is 6.09. The summed E-state index contributed by atoms with van der Waals surface area (Å²) in [7, 11) is 1.82. The first-order valence-corrected chi connectivity index (χ1v) is 5.29. The van der Waals surface area contributed by atoms with E-state index >= 15 is 0 Å². The topological polar surface area (TPSA) is 55.1 Å². The van der Waals surface area contributed by atoms with Crippen LogP contribution >= 0.6 is 11.6 Å². The van der Waals surface area contributed by atoms with E-state index in [1.54, 1.807) is 10.7 Å². The highest BCUT2D eigenvalue weighted by atomic mass is 35.5. The number of carboxylic acid groups (broad SMARTS) is 1. The van der Waals surface area contributed by atoms with Crippen molar-refractivity contribution in [2.45, 2.75) is 12.8 Å². The molecule has 1 heterocycles. The van der Waals surface area contributed by atoms with Gasteiger partial charge in [-0.1, -0.05) is 17.7 Å². The molecule has 1 aromatic heterocycles. The zero-order valence-electron chi connectivity index (χ0n) is 8.77. The molecule has 0 radical (unpaired) electrons. The zero-order chi connectivity index (χ0) is 11.7. The summed E-state index contributed by atoms with van der Waals surface area (Å²) < 4.78 is 1.72. The van der Waals surface area contributed by atoms with Crippen LogP contribution in [0, 0.1) is 0 Å². The van der Waals surface area contributed by atoms with Gasteiger partial charge in [-0.05, 0) is 12.1 Å². The lowest BCUT2D eigenvalue weighted by molar-refractivity contribution is -0.136. The normalized spacial score (nSPS) is 10.9. The summed E-state index contributed by atoms with van der Waals surface area (Å²) in [6.07, 6.45) is 0.466. The van der Waals surface area contributed by atoms with Gasteiger partial charge in [0.2, 0.25) is 0 Å². The van der Waals surface area contributed by atoms with Gasteiger partial charge in [-0.2, -0.15) is 5.10 Å². The van der Waals surface area contributed by atoms with Gasteiger partial charge in [0.25, 0.3) is 0 Å². The molecule has 0 fully saturated rings. The molecule has 0 bridgehead atoms. The Hall–Kier alpha value is -1.55. The van der Waals surface area contributed by atoms with Crippen LogP contribution in [0.3, 0.4) is 0 Å². The summed E-state index contributed by atoms with van der Waals surface area (Å²) in [5.41, 5.74) is 1.67. The van der Waals surface area contributed by atoms with Crippen LogP contribution in [0.25, 0.3) is 10.9 Å². The number of halogens is 1. The molecule has 0 amide bonds. The lowest BCUT2D eigenvalue weighted by Gasteiger charge is -1.96. The first-order chi connectivity index (χ1) is 7.59. The third-order valence-electron chi connectivity index (χ3n) is 2.48. The molecule has 0 atom stereocenters. The van der Waals surface area contributed by atoms with Gasteiger partial charge >= 0.3 is 5.97 Å². The molecule has 0 aliphatic heterocycles. The number of rotatable bonds is 3. The Bertz CT molecular complexity index is 548. The van der Waals surface area contributed by atoms with E-state index in [2.05, 4.69) is 5.10 Å². The van der Waals surface area contributed by atoms with Crippen molar-refractivity contribution in [1.29, 1.82) is 0 Å². The number of fused-ring (bicyclic) bond motifs is 1. The lowest BCUT2D eigenvalue weighted by Crippen LogP contribution is -1.99. The second-order valence-electron chi connectivity index (χ2n) is 3.60. The number of carboxylic acids is 1. The molecular weight excluding hydrogens is 228 g/mol. The van der Waals surface area contributed by atoms with Crippen LogP contribution in [0.1, 0.15) is 12.1 Å². The minimum atomic E-state index is -0.828. The number of aryl methyl sites for hydroxylation is 2. The fourth-order valence-electron chi connectivity index (χ4n) is 1.75. The van der Waals surface area contributed by atoms with Crippen LogP contribution in [-0.4, -0.2) is 20.9 Å². The molecule has 84 valence electrons. The smallest absolute Gasteiger partial charge is 0.303 e. The van der Waals surface area contributed by atoms with E-state index in [1.807, 2.05) is 19.2 Å². The fraction of sp³-hybridized carbons (Fsp3) is 0.273. The molecule has 0 saturated heterocycles. The van der Waals surface area contributed by atoms with Crippen LogP contribution in [0.15, 0.2) is 18.2 Å². The minimum absolute atomic E-state index is 0.0668. The number of hydrogen-bond acceptors (Lipinski definition) is 2. The van der Waals surface area contributed by atoms with Gasteiger partial charge in [-0.15, -0.1) is 0 Å². The van der Waals surface area contributed by atoms with Crippen molar-refractivity contribution in [3.05, 3.63) is 28.9 Å². The molecule has 5 heteroatoms. The summed E-state index contributed by atoms with van der Waals surface area (Å²) in [4.78, 5) is 10.5. The minimum Gasteiger partial charge on any atom is -0.481 e. The van der Waals surface area contributed by atoms with Gasteiger partial charge < -0.3 is 5.11 Å². The van der Waals surface area contributed by atoms with Crippen molar-refractivity contribution < 1.29 is 9.90 Å². The molecule has 4 nitrogen and oxygen atoms in total. The third kappa shape index (κ3) is 1.88. The summed E-state index contributed by atoms with van der Waals surface area (Å²) in [5, 5.41) is 14.4. The van der Waals surface area contributed by atoms with Crippen molar-refractivity contribution in [1.82, 2.24) is 9.78 Å². The van der Waals surface area contributed by atoms with Gasteiger partial charge in [-0.25, -0.2) is 0 Å². The predicted molar refractivity (Wildman–Crippen MR) is 61.7 cm³/mol. The molecular formula is C11H11ClN2O2. The second-order valence-corrected chi connectivity index (χ2v) is 4.01. The Balaban J connectivity index is 2.49. The summed E-state index contributed by atoms with van der Waals surface area (Å²) in [5.74, 6) is -0.828. The lowest BCUT2D eigenvalue weighted by atomic mass is 10.1. The van der Waals surface area contributed by atoms with E-state index in [9.17, 15) is 4.79 Å². The number of nitrogens with zero attached hydrogens (tertiary/aromatic N) is 2. The van der Waals surface area contributed by atoms with Crippen molar-refractivity contribution in [2.75, 3.05) is 0 Å². The van der Waals surface area contributed by atoms with Crippen LogP contribution in [0.4, 0.5) is 0 Å². The Labute approximate surface area is 97.4 Å². The van der Waals surface area contributed by atoms with E-state index in [-0.39, 0.29) is 6.42 Å². The molecule has 0 unspecified atom stereocenters. The van der Waals surface area contributed by atoms with Gasteiger partial charge in [0.15, 0.2) is 0 Å². The Morgan fingerprint density at radius 2 is 2.31 bits per heavy atom. The number of hydrogen-bond donors (Lipinski definition) is 1. The van der Waals surface area contributed by atoms with Crippen LogP contribution < -0.4 is 0 Å². The van der Waals surface area contributed by atoms with Crippen molar-refractivity contribution >= 4 is 28.5 Å². The molecule has 0 aliphatic rings. The van der Waals surface area contributed by atoms with E-state index < -0.39 is 5.97 Å². The van der Waals surface area contributed by atoms with Crippen molar-refractivity contribution in [3.8, 4) is 0 Å². The quantitative estimate of drug-likeness (QED) is 0.892. The third-order valence-corrected chi connectivity index (χ3v) is 2.79. The van der Waals surface area contributed by atoms with Gasteiger partial charge in [0, 0.05) is 18.9 Å². The van der Waals surface area contributed by atoms with Crippen LogP contribution in [-0.2, 0) is 18.3 Å². The second kappa shape index (κ2) is 4.14. The molecule has 1 N–H and O–H groups in total. The van der Waals surface area contributed by atoms with Crippen molar-refractivity contribution in [2.24, 2.45) is 7.05 Å². The number of aromatic nitrogens is 2. The maximum absolute atomic E-state index is 10.5. The Kier molecular flexibility index (Phi) is 2.83. The average molecular weight is 239 g/mol. The first kappa shape index (κ1) is 11.0. The van der Waals surface area contributed by atoms with Crippen LogP contribution in [0.5, 0.6) is 0 Å². The highest BCUT2D eigenvalue weighted by molar-refractivity contribution is 6.35. The van der Waals surface area contributed by atoms with Gasteiger partial charge in [0.1, 0.15) is 0 Å². The molecule has 0 saturated carbocycles. The molecule has 0 spiro atoms. The van der Waals surface area contributed by atoms with E-state index in [0.717, 1.165) is 16.6 Å². The number of aliphatic carboxylic acids is 1. The standard InChI is InChI=1S/C11H11ClN2O2/c1-14-9-4-2-3-7(12)11(9)8(13-14)5-6-10(15)16/h2-4H,5-6H2,1H3,(H,15,16). The summed E-state index contributed by atoms with van der Waals surface area (Å²) in [6, 6.07) is 5.56. The maximum Gasteiger partial charge on any atom is 0.303 e. The fourth-order valence-corrected chi connectivity index (χ4v) is 2.03. The zero-order valence-corrected chi connectivity index (χ0v) is 9.53. The van der Waals surface area contributed by atoms with Crippen molar-refractivity contribution in [3.63, 3.8) is 0 Å². The van der Waals surface area contributed by atoms with Crippen LogP contribution in [0.2, 0.25) is 5.02 Å². The van der Waals surface area contributed by atoms with E-state index in [1.165, 1.54) is 0 Å². The van der Waals surface area contributed by atoms with Gasteiger partial charge in [-0.3, -0.25) is 9.48 Å². The molecule has 16 heavy (non-hydrogen) atoms. The maximum atomic E-state index is 10.5. The highest BCUT2D eigenvalue weighted by Gasteiger charge is 2.12. The predicted octanol–water partition coefficient (Wildman–Crippen LogP) is 2.24. The molecule has 2 rings (SSSR count).